The van der Waals surface area contributed by atoms with E-state index < -0.39 is 6.04 Å². The number of carbonyl (C=O) groups excluding carboxylic acids is 3. The van der Waals surface area contributed by atoms with Gasteiger partial charge in [-0.1, -0.05) is 28.6 Å². The Kier molecular flexibility index (Phi) is 7.79. The van der Waals surface area contributed by atoms with E-state index in [4.69, 9.17) is 10.3 Å². The molecule has 0 fully saturated rings. The van der Waals surface area contributed by atoms with Crippen molar-refractivity contribution < 1.29 is 18.9 Å². The average Bonchev–Trinajstić information content (AvgIpc) is 3.36. The van der Waals surface area contributed by atoms with E-state index in [2.05, 4.69) is 25.8 Å². The molecular formula is C21H24N6O4S. The van der Waals surface area contributed by atoms with Crippen LogP contribution in [0.15, 0.2) is 28.8 Å². The highest BCUT2D eigenvalue weighted by Gasteiger charge is 2.19. The molecule has 0 radical (unpaired) electrons. The molecule has 0 spiro atoms. The Hall–Kier alpha value is -3.44. The predicted molar refractivity (Wildman–Crippen MR) is 119 cm³/mol. The van der Waals surface area contributed by atoms with Crippen LogP contribution in [0.25, 0.3) is 11.4 Å². The normalized spacial score (nSPS) is 11.7. The second-order valence-corrected chi connectivity index (χ2v) is 8.19. The molecule has 0 saturated heterocycles. The van der Waals surface area contributed by atoms with Crippen molar-refractivity contribution in [3.05, 3.63) is 46.3 Å². The lowest BCUT2D eigenvalue weighted by Crippen LogP contribution is -2.38. The van der Waals surface area contributed by atoms with Crippen LogP contribution < -0.4 is 16.4 Å². The van der Waals surface area contributed by atoms with Crippen molar-refractivity contribution in [2.45, 2.75) is 39.2 Å². The minimum absolute atomic E-state index is 0.0461. The van der Waals surface area contributed by atoms with Crippen molar-refractivity contribution in [3.63, 3.8) is 0 Å². The zero-order valence-electron chi connectivity index (χ0n) is 17.8. The van der Waals surface area contributed by atoms with Gasteiger partial charge in [0.15, 0.2) is 11.4 Å². The summed E-state index contributed by atoms with van der Waals surface area (Å²) in [4.78, 5) is 45.1. The third-order valence-electron chi connectivity index (χ3n) is 4.62. The lowest BCUT2D eigenvalue weighted by atomic mass is 10.1. The monoisotopic (exact) mass is 456 g/mol. The molecule has 0 aliphatic carbocycles. The molecule has 0 aliphatic rings. The van der Waals surface area contributed by atoms with Crippen LogP contribution >= 0.6 is 11.3 Å². The van der Waals surface area contributed by atoms with E-state index in [0.717, 1.165) is 11.3 Å². The topological polar surface area (TPSA) is 153 Å². The number of benzene rings is 1. The van der Waals surface area contributed by atoms with Gasteiger partial charge in [-0.3, -0.25) is 14.4 Å². The van der Waals surface area contributed by atoms with Crippen LogP contribution in [-0.2, 0) is 4.79 Å². The number of nitrogens with zero attached hydrogens (tertiary/aromatic N) is 3. The van der Waals surface area contributed by atoms with Crippen LogP contribution in [0.1, 0.15) is 50.9 Å². The van der Waals surface area contributed by atoms with Gasteiger partial charge in [0.05, 0.1) is 10.6 Å². The summed E-state index contributed by atoms with van der Waals surface area (Å²) in [6.07, 6.45) is 1.93. The van der Waals surface area contributed by atoms with Crippen molar-refractivity contribution in [2.75, 3.05) is 11.9 Å². The van der Waals surface area contributed by atoms with Crippen LogP contribution in [0.5, 0.6) is 0 Å². The molecular weight excluding hydrogens is 432 g/mol. The number of nitrogens with one attached hydrogen (secondary N) is 2. The first kappa shape index (κ1) is 23.2. The molecule has 0 aliphatic heterocycles. The van der Waals surface area contributed by atoms with Crippen molar-refractivity contribution in [1.29, 1.82) is 0 Å². The van der Waals surface area contributed by atoms with E-state index in [9.17, 15) is 14.4 Å². The number of aromatic nitrogens is 3. The summed E-state index contributed by atoms with van der Waals surface area (Å²) in [6.45, 7) is 3.83. The summed E-state index contributed by atoms with van der Waals surface area (Å²) in [5, 5.41) is 9.81. The number of carbonyl (C=O) groups is 3. The summed E-state index contributed by atoms with van der Waals surface area (Å²) in [6, 6.07) is 6.43. The van der Waals surface area contributed by atoms with Gasteiger partial charge in [-0.2, -0.15) is 4.98 Å². The summed E-state index contributed by atoms with van der Waals surface area (Å²) in [7, 11) is 0. The minimum Gasteiger partial charge on any atom is -0.349 e. The number of hydrogen-bond donors (Lipinski definition) is 3. The Balaban J connectivity index is 1.67. The van der Waals surface area contributed by atoms with Crippen LogP contribution in [0, 0.1) is 13.8 Å². The van der Waals surface area contributed by atoms with Crippen molar-refractivity contribution in [2.24, 2.45) is 5.73 Å². The first-order valence-electron chi connectivity index (χ1n) is 10.0. The smallest absolute Gasteiger partial charge is 0.251 e. The van der Waals surface area contributed by atoms with Crippen LogP contribution in [0.2, 0.25) is 0 Å². The number of nitrogens with two attached hydrogens (primary N) is 1. The van der Waals surface area contributed by atoms with Gasteiger partial charge in [0.2, 0.25) is 17.6 Å². The second kappa shape index (κ2) is 10.7. The average molecular weight is 457 g/mol. The van der Waals surface area contributed by atoms with E-state index >= 15 is 0 Å². The summed E-state index contributed by atoms with van der Waals surface area (Å²) in [5.41, 5.74) is 7.24. The number of hydrogen-bond acceptors (Lipinski definition) is 9. The zero-order chi connectivity index (χ0) is 23.1. The van der Waals surface area contributed by atoms with Gasteiger partial charge in [0.25, 0.3) is 5.91 Å². The lowest BCUT2D eigenvalue weighted by Gasteiger charge is -2.18. The van der Waals surface area contributed by atoms with Crippen LogP contribution in [0.3, 0.4) is 0 Å². The predicted octanol–water partition coefficient (Wildman–Crippen LogP) is 2.49. The maximum absolute atomic E-state index is 12.8. The maximum Gasteiger partial charge on any atom is 0.251 e. The zero-order valence-corrected chi connectivity index (χ0v) is 18.6. The highest BCUT2D eigenvalue weighted by atomic mass is 32.1. The Morgan fingerprint density at radius 3 is 2.75 bits per heavy atom. The van der Waals surface area contributed by atoms with E-state index in [0.29, 0.717) is 64.2 Å². The van der Waals surface area contributed by atoms with Crippen LogP contribution in [-0.4, -0.2) is 45.8 Å². The van der Waals surface area contributed by atoms with E-state index in [-0.39, 0.29) is 18.2 Å². The fourth-order valence-corrected chi connectivity index (χ4v) is 3.84. The molecule has 1 unspecified atom stereocenters. The van der Waals surface area contributed by atoms with Gasteiger partial charge in [-0.25, -0.2) is 4.98 Å². The summed E-state index contributed by atoms with van der Waals surface area (Å²) >= 11 is 1.11. The van der Waals surface area contributed by atoms with Gasteiger partial charge in [-0.05, 0) is 38.4 Å². The molecule has 1 aromatic carbocycles. The van der Waals surface area contributed by atoms with E-state index in [1.54, 1.807) is 38.1 Å². The third-order valence-corrected chi connectivity index (χ3v) is 5.62. The van der Waals surface area contributed by atoms with Crippen molar-refractivity contribution >= 4 is 34.6 Å². The maximum atomic E-state index is 12.8. The van der Waals surface area contributed by atoms with E-state index in [1.165, 1.54) is 0 Å². The molecule has 10 nitrogen and oxygen atoms in total. The standard InChI is InChI=1S/C21H24N6O4S/c1-12-17(11-28)32-21(23-12)26-18(29)10-16(7-4-8-22)25-20(30)15-6-3-5-14(9-15)19-24-13(2)31-27-19/h3,5-6,9,11,16H,4,7-8,10,22H2,1-2H3,(H,25,30)(H,23,26,29). The van der Waals surface area contributed by atoms with Gasteiger partial charge >= 0.3 is 0 Å². The Bertz CT molecular complexity index is 1110. The molecule has 11 heteroatoms. The van der Waals surface area contributed by atoms with Gasteiger partial charge in [-0.15, -0.1) is 0 Å². The van der Waals surface area contributed by atoms with Crippen LogP contribution in [0.4, 0.5) is 5.13 Å². The Labute approximate surface area is 188 Å². The first-order valence-corrected chi connectivity index (χ1v) is 10.9. The molecule has 4 N–H and O–H groups in total. The number of aryl methyl sites for hydroxylation is 2. The Morgan fingerprint density at radius 1 is 1.28 bits per heavy atom. The molecule has 168 valence electrons. The molecule has 32 heavy (non-hydrogen) atoms. The fraction of sp³-hybridized carbons (Fsp3) is 0.333. The summed E-state index contributed by atoms with van der Waals surface area (Å²) < 4.78 is 5.00. The van der Waals surface area contributed by atoms with Crippen molar-refractivity contribution in [3.8, 4) is 11.4 Å². The molecule has 2 heterocycles. The molecule has 0 bridgehead atoms. The SMILES string of the molecule is Cc1nc(-c2cccc(C(=O)NC(CCCN)CC(=O)Nc3nc(C)c(C=O)s3)c2)no1. The Morgan fingerprint density at radius 2 is 2.09 bits per heavy atom. The molecule has 2 aromatic heterocycles. The highest BCUT2D eigenvalue weighted by molar-refractivity contribution is 7.17. The molecule has 3 rings (SSSR count). The van der Waals surface area contributed by atoms with Gasteiger partial charge < -0.3 is 20.9 Å². The van der Waals surface area contributed by atoms with Gasteiger partial charge in [0.1, 0.15) is 0 Å². The molecule has 3 aromatic rings. The largest absolute Gasteiger partial charge is 0.349 e. The fourth-order valence-electron chi connectivity index (χ4n) is 3.04. The summed E-state index contributed by atoms with van der Waals surface area (Å²) in [5.74, 6) is 0.188. The highest BCUT2D eigenvalue weighted by Crippen LogP contribution is 2.21. The number of anilines is 1. The molecule has 1 atom stereocenters. The van der Waals surface area contributed by atoms with Gasteiger partial charge in [0, 0.05) is 30.5 Å². The van der Waals surface area contributed by atoms with E-state index in [1.807, 2.05) is 0 Å². The molecule has 2 amide bonds. The molecule has 0 saturated carbocycles. The number of thiazole rings is 1. The third kappa shape index (κ3) is 6.05. The quantitative estimate of drug-likeness (QED) is 0.393. The minimum atomic E-state index is -0.422. The van der Waals surface area contributed by atoms with Crippen molar-refractivity contribution in [1.82, 2.24) is 20.4 Å². The number of amides is 2. The number of aldehydes is 1. The lowest BCUT2D eigenvalue weighted by molar-refractivity contribution is -0.116. The first-order chi connectivity index (χ1) is 15.4. The number of rotatable bonds is 10. The second-order valence-electron chi connectivity index (χ2n) is 7.16.